The van der Waals surface area contributed by atoms with Gasteiger partial charge in [0, 0.05) is 11.9 Å². The van der Waals surface area contributed by atoms with Gasteiger partial charge in [-0.15, -0.1) is 0 Å². The molecule has 1 aromatic carbocycles. The van der Waals surface area contributed by atoms with Crippen molar-refractivity contribution in [3.8, 4) is 17.5 Å². The summed E-state index contributed by atoms with van der Waals surface area (Å²) in [6, 6.07) is 12.1. The highest BCUT2D eigenvalue weighted by Gasteiger charge is 2.03. The van der Waals surface area contributed by atoms with Crippen LogP contribution < -0.4 is 10.3 Å². The Bertz CT molecular complexity index is 621. The van der Waals surface area contributed by atoms with Gasteiger partial charge in [-0.05, 0) is 36.4 Å². The lowest BCUT2D eigenvalue weighted by Crippen LogP contribution is -2.19. The topological polar surface area (TPSA) is 55.0 Å². The molecule has 0 atom stereocenters. The SMILES string of the molecule is COc1ccc(-n2cccc(C#N)c2=O)cc1. The first-order valence-corrected chi connectivity index (χ1v) is 5.02. The van der Waals surface area contributed by atoms with E-state index in [4.69, 9.17) is 10.00 Å². The number of ether oxygens (including phenoxy) is 1. The number of hydrogen-bond donors (Lipinski definition) is 0. The predicted molar refractivity (Wildman–Crippen MR) is 63.3 cm³/mol. The largest absolute Gasteiger partial charge is 0.497 e. The van der Waals surface area contributed by atoms with Gasteiger partial charge in [0.15, 0.2) is 0 Å². The second-order valence-corrected chi connectivity index (χ2v) is 3.41. The summed E-state index contributed by atoms with van der Waals surface area (Å²) >= 11 is 0. The molecule has 0 saturated heterocycles. The Labute approximate surface area is 98.3 Å². The third-order valence-electron chi connectivity index (χ3n) is 2.42. The first-order valence-electron chi connectivity index (χ1n) is 5.02. The van der Waals surface area contributed by atoms with Crippen LogP contribution in [0.3, 0.4) is 0 Å². The molecule has 2 aromatic rings. The normalized spacial score (nSPS) is 9.65. The highest BCUT2D eigenvalue weighted by molar-refractivity contribution is 5.39. The fourth-order valence-corrected chi connectivity index (χ4v) is 1.53. The second kappa shape index (κ2) is 4.54. The van der Waals surface area contributed by atoms with Crippen molar-refractivity contribution >= 4 is 0 Å². The molecule has 0 unspecified atom stereocenters. The average Bonchev–Trinajstić information content (AvgIpc) is 2.39. The molecule has 0 radical (unpaired) electrons. The Balaban J connectivity index is 2.54. The van der Waals surface area contributed by atoms with Crippen LogP contribution in [-0.2, 0) is 0 Å². The molecule has 0 bridgehead atoms. The van der Waals surface area contributed by atoms with E-state index in [9.17, 15) is 4.79 Å². The number of benzene rings is 1. The zero-order chi connectivity index (χ0) is 12.3. The minimum absolute atomic E-state index is 0.128. The minimum atomic E-state index is -0.319. The van der Waals surface area contributed by atoms with Crippen molar-refractivity contribution in [2.24, 2.45) is 0 Å². The van der Waals surface area contributed by atoms with E-state index in [-0.39, 0.29) is 11.1 Å². The number of rotatable bonds is 2. The van der Waals surface area contributed by atoms with E-state index in [0.717, 1.165) is 5.75 Å². The molecule has 4 nitrogen and oxygen atoms in total. The molecule has 0 aliphatic rings. The molecule has 0 aliphatic heterocycles. The Hall–Kier alpha value is -2.54. The van der Waals surface area contributed by atoms with Crippen LogP contribution in [-0.4, -0.2) is 11.7 Å². The van der Waals surface area contributed by atoms with Gasteiger partial charge in [-0.1, -0.05) is 0 Å². The van der Waals surface area contributed by atoms with Crippen molar-refractivity contribution < 1.29 is 4.74 Å². The average molecular weight is 226 g/mol. The van der Waals surface area contributed by atoms with Crippen molar-refractivity contribution in [1.29, 1.82) is 5.26 Å². The predicted octanol–water partition coefficient (Wildman–Crippen LogP) is 1.72. The van der Waals surface area contributed by atoms with E-state index < -0.39 is 0 Å². The number of aromatic nitrogens is 1. The third-order valence-corrected chi connectivity index (χ3v) is 2.42. The second-order valence-electron chi connectivity index (χ2n) is 3.41. The molecule has 0 N–H and O–H groups in total. The minimum Gasteiger partial charge on any atom is -0.497 e. The summed E-state index contributed by atoms with van der Waals surface area (Å²) in [6.45, 7) is 0. The number of hydrogen-bond acceptors (Lipinski definition) is 3. The van der Waals surface area contributed by atoms with Crippen LogP contribution in [0, 0.1) is 11.3 Å². The summed E-state index contributed by atoms with van der Waals surface area (Å²) in [7, 11) is 1.58. The molecular weight excluding hydrogens is 216 g/mol. The molecule has 0 fully saturated rings. The number of pyridine rings is 1. The molecule has 17 heavy (non-hydrogen) atoms. The van der Waals surface area contributed by atoms with Gasteiger partial charge in [0.1, 0.15) is 17.4 Å². The number of nitriles is 1. The smallest absolute Gasteiger partial charge is 0.272 e. The molecule has 1 heterocycles. The maximum Gasteiger partial charge on any atom is 0.272 e. The summed E-state index contributed by atoms with van der Waals surface area (Å²) < 4.78 is 6.47. The van der Waals surface area contributed by atoms with Crippen molar-refractivity contribution in [1.82, 2.24) is 4.57 Å². The first kappa shape index (κ1) is 11.0. The van der Waals surface area contributed by atoms with Gasteiger partial charge in [0.2, 0.25) is 0 Å². The fourth-order valence-electron chi connectivity index (χ4n) is 1.53. The lowest BCUT2D eigenvalue weighted by molar-refractivity contribution is 0.414. The van der Waals surface area contributed by atoms with Crippen LogP contribution >= 0.6 is 0 Å². The van der Waals surface area contributed by atoms with Crippen LogP contribution in [0.5, 0.6) is 5.75 Å². The number of methoxy groups -OCH3 is 1. The summed E-state index contributed by atoms with van der Waals surface area (Å²) in [5.41, 5.74) is 0.511. The van der Waals surface area contributed by atoms with Crippen LogP contribution in [0.15, 0.2) is 47.4 Å². The van der Waals surface area contributed by atoms with Gasteiger partial charge >= 0.3 is 0 Å². The molecule has 0 saturated carbocycles. The van der Waals surface area contributed by atoms with Gasteiger partial charge in [-0.25, -0.2) is 0 Å². The zero-order valence-electron chi connectivity index (χ0n) is 9.25. The van der Waals surface area contributed by atoms with Crippen molar-refractivity contribution in [3.05, 3.63) is 58.5 Å². The summed E-state index contributed by atoms with van der Waals surface area (Å²) in [5.74, 6) is 0.721. The molecular formula is C13H10N2O2. The standard InChI is InChI=1S/C13H10N2O2/c1-17-12-6-4-11(5-7-12)15-8-2-3-10(9-14)13(15)16/h2-8H,1H3. The van der Waals surface area contributed by atoms with Crippen molar-refractivity contribution in [3.63, 3.8) is 0 Å². The highest BCUT2D eigenvalue weighted by Crippen LogP contribution is 2.13. The molecule has 84 valence electrons. The van der Waals surface area contributed by atoms with Crippen molar-refractivity contribution in [2.45, 2.75) is 0 Å². The third kappa shape index (κ3) is 2.04. The number of nitrogens with zero attached hydrogens (tertiary/aromatic N) is 2. The molecule has 0 spiro atoms. The van der Waals surface area contributed by atoms with E-state index in [1.807, 2.05) is 6.07 Å². The highest BCUT2D eigenvalue weighted by atomic mass is 16.5. The van der Waals surface area contributed by atoms with Crippen molar-refractivity contribution in [2.75, 3.05) is 7.11 Å². The molecule has 1 aromatic heterocycles. The maximum atomic E-state index is 11.9. The van der Waals surface area contributed by atoms with Gasteiger partial charge in [0.25, 0.3) is 5.56 Å². The lowest BCUT2D eigenvalue weighted by Gasteiger charge is -2.06. The van der Waals surface area contributed by atoms with Crippen LogP contribution in [0.2, 0.25) is 0 Å². The summed E-state index contributed by atoms with van der Waals surface area (Å²) in [4.78, 5) is 11.9. The quantitative estimate of drug-likeness (QED) is 0.783. The van der Waals surface area contributed by atoms with E-state index in [0.29, 0.717) is 5.69 Å². The monoisotopic (exact) mass is 226 g/mol. The van der Waals surface area contributed by atoms with Gasteiger partial charge in [-0.3, -0.25) is 9.36 Å². The Kier molecular flexibility index (Phi) is 2.93. The van der Waals surface area contributed by atoms with Gasteiger partial charge in [-0.2, -0.15) is 5.26 Å². The Morgan fingerprint density at radius 1 is 1.24 bits per heavy atom. The lowest BCUT2D eigenvalue weighted by atomic mass is 10.2. The van der Waals surface area contributed by atoms with E-state index in [2.05, 4.69) is 0 Å². The molecule has 0 amide bonds. The van der Waals surface area contributed by atoms with E-state index >= 15 is 0 Å². The molecule has 2 rings (SSSR count). The first-order chi connectivity index (χ1) is 8.26. The molecule has 4 heteroatoms. The fraction of sp³-hybridized carbons (Fsp3) is 0.0769. The van der Waals surface area contributed by atoms with Crippen LogP contribution in [0.4, 0.5) is 0 Å². The summed E-state index contributed by atoms with van der Waals surface area (Å²) in [6.07, 6.45) is 1.63. The van der Waals surface area contributed by atoms with Crippen LogP contribution in [0.1, 0.15) is 5.56 Å². The Morgan fingerprint density at radius 3 is 2.53 bits per heavy atom. The van der Waals surface area contributed by atoms with Gasteiger partial charge < -0.3 is 4.74 Å². The molecule has 0 aliphatic carbocycles. The summed E-state index contributed by atoms with van der Waals surface area (Å²) in [5, 5.41) is 8.79. The van der Waals surface area contributed by atoms with Gasteiger partial charge in [0.05, 0.1) is 7.11 Å². The van der Waals surface area contributed by atoms with Crippen LogP contribution in [0.25, 0.3) is 5.69 Å². The maximum absolute atomic E-state index is 11.9. The van der Waals surface area contributed by atoms with E-state index in [1.165, 1.54) is 10.6 Å². The van der Waals surface area contributed by atoms with E-state index in [1.54, 1.807) is 43.6 Å². The Morgan fingerprint density at radius 2 is 1.94 bits per heavy atom. The zero-order valence-corrected chi connectivity index (χ0v) is 9.25.